The number of aliphatic hydroxyl groups is 3. The number of nitrogens with zero attached hydrogens (tertiary/aromatic N) is 2. The normalized spacial score (nSPS) is 28.6. The zero-order valence-electron chi connectivity index (χ0n) is 11.2. The Kier molecular flexibility index (Phi) is 4.75. The molecule has 1 aliphatic heterocycles. The predicted molar refractivity (Wildman–Crippen MR) is 68.1 cm³/mol. The SMILES string of the molecule is CCOc1cc(NO)n([C@@H]2O[C@H](CO)[C@@H](O)[C@H]2O)c(=O)n1. The van der Waals surface area contributed by atoms with E-state index in [1.165, 1.54) is 6.07 Å². The van der Waals surface area contributed by atoms with Gasteiger partial charge in [0.05, 0.1) is 13.2 Å². The summed E-state index contributed by atoms with van der Waals surface area (Å²) in [6.45, 7) is 1.44. The summed E-state index contributed by atoms with van der Waals surface area (Å²) in [5.41, 5.74) is 0.934. The van der Waals surface area contributed by atoms with Crippen molar-refractivity contribution in [3.8, 4) is 5.88 Å². The summed E-state index contributed by atoms with van der Waals surface area (Å²) in [4.78, 5) is 15.6. The molecule has 0 bridgehead atoms. The lowest BCUT2D eigenvalue weighted by molar-refractivity contribution is -0.0544. The van der Waals surface area contributed by atoms with Crippen LogP contribution < -0.4 is 15.9 Å². The molecule has 0 aliphatic carbocycles. The van der Waals surface area contributed by atoms with Gasteiger partial charge < -0.3 is 24.8 Å². The van der Waals surface area contributed by atoms with Crippen molar-refractivity contribution in [2.24, 2.45) is 0 Å². The van der Waals surface area contributed by atoms with Crippen molar-refractivity contribution < 1.29 is 30.0 Å². The van der Waals surface area contributed by atoms with Crippen LogP contribution in [0.1, 0.15) is 13.2 Å². The summed E-state index contributed by atoms with van der Waals surface area (Å²) in [5, 5.41) is 37.8. The first-order valence-corrected chi connectivity index (χ1v) is 6.32. The third kappa shape index (κ3) is 2.84. The van der Waals surface area contributed by atoms with E-state index in [1.807, 2.05) is 0 Å². The Morgan fingerprint density at radius 1 is 1.48 bits per heavy atom. The van der Waals surface area contributed by atoms with Crippen LogP contribution in [0.2, 0.25) is 0 Å². The Morgan fingerprint density at radius 2 is 2.19 bits per heavy atom. The summed E-state index contributed by atoms with van der Waals surface area (Å²) in [6, 6.07) is 1.24. The molecule has 10 heteroatoms. The molecule has 0 spiro atoms. The number of ether oxygens (including phenoxy) is 2. The van der Waals surface area contributed by atoms with Crippen molar-refractivity contribution in [3.05, 3.63) is 16.6 Å². The number of hydrogen-bond donors (Lipinski definition) is 5. The Morgan fingerprint density at radius 3 is 2.71 bits per heavy atom. The number of rotatable bonds is 5. The maximum Gasteiger partial charge on any atom is 0.354 e. The minimum atomic E-state index is -1.47. The highest BCUT2D eigenvalue weighted by Crippen LogP contribution is 2.30. The standard InChI is InChI=1S/C11H17N3O7/c1-2-20-7-3-6(13-19)14(11(18)12-7)10-9(17)8(16)5(4-15)21-10/h3,5,8-10,13,15-17,19H,2,4H2,1H3/t5-,8-,9-,10-/m1/s1. The van der Waals surface area contributed by atoms with Crippen molar-refractivity contribution in [1.29, 1.82) is 0 Å². The maximum atomic E-state index is 12.0. The highest BCUT2D eigenvalue weighted by Gasteiger charge is 2.44. The minimum Gasteiger partial charge on any atom is -0.478 e. The Labute approximate surface area is 119 Å². The lowest BCUT2D eigenvalue weighted by Crippen LogP contribution is -2.37. The summed E-state index contributed by atoms with van der Waals surface area (Å²) < 4.78 is 11.1. The van der Waals surface area contributed by atoms with Crippen molar-refractivity contribution in [1.82, 2.24) is 9.55 Å². The van der Waals surface area contributed by atoms with Crippen LogP contribution >= 0.6 is 0 Å². The van der Waals surface area contributed by atoms with Gasteiger partial charge in [0.1, 0.15) is 24.1 Å². The van der Waals surface area contributed by atoms with Gasteiger partial charge in [-0.05, 0) is 6.92 Å². The van der Waals surface area contributed by atoms with Gasteiger partial charge in [-0.1, -0.05) is 0 Å². The van der Waals surface area contributed by atoms with Crippen LogP contribution in [0, 0.1) is 0 Å². The van der Waals surface area contributed by atoms with Crippen molar-refractivity contribution in [2.75, 3.05) is 18.7 Å². The molecule has 4 atom stereocenters. The fourth-order valence-electron chi connectivity index (χ4n) is 2.12. The van der Waals surface area contributed by atoms with Crippen molar-refractivity contribution in [2.45, 2.75) is 31.5 Å². The molecule has 0 aromatic carbocycles. The number of nitrogens with one attached hydrogen (secondary N) is 1. The van der Waals surface area contributed by atoms with E-state index in [0.717, 1.165) is 4.57 Å². The molecule has 1 aromatic heterocycles. The van der Waals surface area contributed by atoms with E-state index in [-0.39, 0.29) is 18.3 Å². The zero-order valence-corrected chi connectivity index (χ0v) is 11.2. The molecule has 0 amide bonds. The number of hydrogen-bond acceptors (Lipinski definition) is 9. The first-order chi connectivity index (χ1) is 10.0. The molecule has 118 valence electrons. The van der Waals surface area contributed by atoms with Crippen molar-refractivity contribution >= 4 is 5.82 Å². The van der Waals surface area contributed by atoms with Gasteiger partial charge in [-0.2, -0.15) is 4.98 Å². The summed E-state index contributed by atoms with van der Waals surface area (Å²) in [6.07, 6.45) is -5.19. The second kappa shape index (κ2) is 6.37. The second-order valence-electron chi connectivity index (χ2n) is 4.41. The molecule has 1 aromatic rings. The number of aromatic nitrogens is 2. The number of anilines is 1. The van der Waals surface area contributed by atoms with Gasteiger partial charge in [-0.25, -0.2) is 9.36 Å². The van der Waals surface area contributed by atoms with E-state index in [2.05, 4.69) is 4.98 Å². The molecule has 2 rings (SSSR count). The highest BCUT2D eigenvalue weighted by atomic mass is 16.6. The lowest BCUT2D eigenvalue weighted by atomic mass is 10.1. The van der Waals surface area contributed by atoms with Gasteiger partial charge in [0, 0.05) is 6.07 Å². The first kappa shape index (κ1) is 15.7. The molecule has 1 saturated heterocycles. The van der Waals surface area contributed by atoms with Crippen LogP contribution in [0.4, 0.5) is 5.82 Å². The molecular formula is C11H17N3O7. The highest BCUT2D eigenvalue weighted by molar-refractivity contribution is 5.37. The quantitative estimate of drug-likeness (QED) is 0.392. The van der Waals surface area contributed by atoms with E-state index in [9.17, 15) is 15.0 Å². The van der Waals surface area contributed by atoms with Gasteiger partial charge in [-0.15, -0.1) is 0 Å². The van der Waals surface area contributed by atoms with E-state index in [1.54, 1.807) is 12.4 Å². The second-order valence-corrected chi connectivity index (χ2v) is 4.41. The van der Waals surface area contributed by atoms with E-state index < -0.39 is 36.8 Å². The van der Waals surface area contributed by atoms with Crippen LogP contribution in [0.15, 0.2) is 10.9 Å². The number of aliphatic hydroxyl groups excluding tert-OH is 3. The minimum absolute atomic E-state index is 0.0120. The van der Waals surface area contributed by atoms with Crippen LogP contribution in [-0.2, 0) is 4.74 Å². The zero-order chi connectivity index (χ0) is 15.6. The van der Waals surface area contributed by atoms with Crippen molar-refractivity contribution in [3.63, 3.8) is 0 Å². The molecule has 0 saturated carbocycles. The first-order valence-electron chi connectivity index (χ1n) is 6.32. The van der Waals surface area contributed by atoms with E-state index in [4.69, 9.17) is 19.8 Å². The molecule has 1 aliphatic rings. The van der Waals surface area contributed by atoms with Gasteiger partial charge in [0.15, 0.2) is 6.23 Å². The summed E-state index contributed by atoms with van der Waals surface area (Å²) in [7, 11) is 0. The summed E-state index contributed by atoms with van der Waals surface area (Å²) >= 11 is 0. The molecule has 10 nitrogen and oxygen atoms in total. The molecule has 21 heavy (non-hydrogen) atoms. The molecule has 5 N–H and O–H groups in total. The van der Waals surface area contributed by atoms with Crippen LogP contribution in [-0.4, -0.2) is 61.6 Å². The Bertz CT molecular complexity index is 549. The van der Waals surface area contributed by atoms with E-state index >= 15 is 0 Å². The van der Waals surface area contributed by atoms with Crippen LogP contribution in [0.3, 0.4) is 0 Å². The average molecular weight is 303 g/mol. The molecule has 0 radical (unpaired) electrons. The average Bonchev–Trinajstić information content (AvgIpc) is 2.74. The third-order valence-electron chi connectivity index (χ3n) is 3.11. The largest absolute Gasteiger partial charge is 0.478 e. The monoisotopic (exact) mass is 303 g/mol. The van der Waals surface area contributed by atoms with E-state index in [0.29, 0.717) is 0 Å². The van der Waals surface area contributed by atoms with Gasteiger partial charge in [0.25, 0.3) is 0 Å². The van der Waals surface area contributed by atoms with Gasteiger partial charge >= 0.3 is 5.69 Å². The molecule has 0 unspecified atom stereocenters. The molecule has 1 fully saturated rings. The fourth-order valence-corrected chi connectivity index (χ4v) is 2.12. The molecule has 2 heterocycles. The smallest absolute Gasteiger partial charge is 0.354 e. The Hall–Kier alpha value is -1.72. The fraction of sp³-hybridized carbons (Fsp3) is 0.636. The topological polar surface area (TPSA) is 146 Å². The maximum absolute atomic E-state index is 12.0. The third-order valence-corrected chi connectivity index (χ3v) is 3.11. The molecular weight excluding hydrogens is 286 g/mol. The van der Waals surface area contributed by atoms with Gasteiger partial charge in [-0.3, -0.25) is 10.7 Å². The Balaban J connectivity index is 2.42. The van der Waals surface area contributed by atoms with Crippen LogP contribution in [0.5, 0.6) is 5.88 Å². The summed E-state index contributed by atoms with van der Waals surface area (Å²) in [5.74, 6) is -0.143. The van der Waals surface area contributed by atoms with Gasteiger partial charge in [0.2, 0.25) is 5.88 Å². The van der Waals surface area contributed by atoms with Crippen LogP contribution in [0.25, 0.3) is 0 Å². The lowest BCUT2D eigenvalue weighted by Gasteiger charge is -2.20. The predicted octanol–water partition coefficient (Wildman–Crippen LogP) is -1.95.